The minimum absolute atomic E-state index is 0.290. The van der Waals surface area contributed by atoms with Crippen molar-refractivity contribution in [3.05, 3.63) is 42.0 Å². The summed E-state index contributed by atoms with van der Waals surface area (Å²) in [6.45, 7) is 12.2. The van der Waals surface area contributed by atoms with Crippen molar-refractivity contribution >= 4 is 23.7 Å². The molecule has 0 atom stereocenters. The Hall–Kier alpha value is -1.23. The normalized spacial score (nSPS) is 10.3. The van der Waals surface area contributed by atoms with Gasteiger partial charge in [0.05, 0.1) is 5.54 Å². The van der Waals surface area contributed by atoms with Crippen LogP contribution in [0.5, 0.6) is 5.75 Å². The lowest BCUT2D eigenvalue weighted by molar-refractivity contribution is 0.309. The molecule has 2 rings (SSSR count). The van der Waals surface area contributed by atoms with Gasteiger partial charge in [-0.05, 0) is 35.7 Å². The second-order valence-corrected chi connectivity index (χ2v) is 4.90. The molecule has 0 aliphatic rings. The Morgan fingerprint density at radius 3 is 1.87 bits per heavy atom. The lowest BCUT2D eigenvalue weighted by Gasteiger charge is -2.32. The van der Waals surface area contributed by atoms with Gasteiger partial charge in [0.2, 0.25) is 0 Å². The zero-order chi connectivity index (χ0) is 17.9. The maximum atomic E-state index is 5.80. The van der Waals surface area contributed by atoms with Gasteiger partial charge >= 0.3 is 0 Å². The van der Waals surface area contributed by atoms with E-state index in [1.807, 2.05) is 45.9 Å². The molecule has 0 bridgehead atoms. The molecule has 2 aromatic rings. The summed E-state index contributed by atoms with van der Waals surface area (Å²) < 4.78 is 5.26. The molecular formula is C19H32N2OS. The van der Waals surface area contributed by atoms with E-state index in [0.717, 1.165) is 29.5 Å². The molecule has 0 amide bonds. The van der Waals surface area contributed by atoms with Crippen LogP contribution in [0.2, 0.25) is 0 Å². The van der Waals surface area contributed by atoms with Crippen LogP contribution >= 0.6 is 12.9 Å². The predicted molar refractivity (Wildman–Crippen MR) is 106 cm³/mol. The predicted octanol–water partition coefficient (Wildman–Crippen LogP) is 5.59. The van der Waals surface area contributed by atoms with E-state index >= 15 is 0 Å². The van der Waals surface area contributed by atoms with Crippen LogP contribution in [0.15, 0.2) is 36.4 Å². The molecule has 0 heterocycles. The van der Waals surface area contributed by atoms with Gasteiger partial charge in [-0.1, -0.05) is 65.8 Å². The largest absolute Gasteiger partial charge is 0.429 e. The van der Waals surface area contributed by atoms with E-state index in [9.17, 15) is 0 Å². The molecule has 0 aromatic heterocycles. The van der Waals surface area contributed by atoms with Crippen LogP contribution in [-0.2, 0) is 5.54 Å². The molecule has 0 radical (unpaired) electrons. The number of rotatable bonds is 5. The Morgan fingerprint density at radius 1 is 1.00 bits per heavy atom. The van der Waals surface area contributed by atoms with Gasteiger partial charge < -0.3 is 4.18 Å². The molecule has 0 aliphatic carbocycles. The van der Waals surface area contributed by atoms with E-state index in [1.165, 1.54) is 5.39 Å². The highest BCUT2D eigenvalue weighted by Crippen LogP contribution is 2.38. The molecule has 0 spiro atoms. The Bertz CT molecular complexity index is 560. The average Bonchev–Trinajstić information content (AvgIpc) is 2.66. The lowest BCUT2D eigenvalue weighted by Crippen LogP contribution is -2.46. The molecule has 2 aromatic carbocycles. The topological polar surface area (TPSA) is 47.3 Å². The zero-order valence-corrected chi connectivity index (χ0v) is 16.2. The molecule has 0 fully saturated rings. The van der Waals surface area contributed by atoms with E-state index < -0.39 is 0 Å². The molecule has 3 nitrogen and oxygen atoms in total. The third kappa shape index (κ3) is 4.87. The van der Waals surface area contributed by atoms with Crippen molar-refractivity contribution in [2.24, 2.45) is 5.84 Å². The quantitative estimate of drug-likeness (QED) is 0.288. The van der Waals surface area contributed by atoms with E-state index in [4.69, 9.17) is 10.0 Å². The average molecular weight is 337 g/mol. The lowest BCUT2D eigenvalue weighted by atomic mass is 9.83. The summed E-state index contributed by atoms with van der Waals surface area (Å²) in [6, 6.07) is 12.3. The van der Waals surface area contributed by atoms with Gasteiger partial charge in [-0.3, -0.25) is 5.84 Å². The van der Waals surface area contributed by atoms with Crippen molar-refractivity contribution in [1.29, 1.82) is 0 Å². The molecule has 23 heavy (non-hydrogen) atoms. The second kappa shape index (κ2) is 11.3. The van der Waals surface area contributed by atoms with Crippen LogP contribution in [0.1, 0.15) is 59.9 Å². The number of hydrogen-bond donors (Lipinski definition) is 3. The molecule has 130 valence electrons. The van der Waals surface area contributed by atoms with Crippen LogP contribution in [0.4, 0.5) is 0 Å². The maximum Gasteiger partial charge on any atom is 0.142 e. The van der Waals surface area contributed by atoms with Crippen molar-refractivity contribution in [1.82, 2.24) is 5.43 Å². The standard InChI is InChI=1S/C15H20N2OS.2C2H6/c1-3-15(4-2,17-16)13-9-11-7-5-6-8-12(11)10-14(13)18-19;2*1-2/h5-10,17,19H,3-4,16H2,1-2H3;2*1-2H3. The van der Waals surface area contributed by atoms with Gasteiger partial charge in [-0.15, -0.1) is 0 Å². The fourth-order valence-electron chi connectivity index (χ4n) is 2.58. The van der Waals surface area contributed by atoms with Crippen molar-refractivity contribution in [2.75, 3.05) is 0 Å². The second-order valence-electron chi connectivity index (χ2n) is 4.72. The number of nitrogens with two attached hydrogens (primary N) is 1. The highest BCUT2D eigenvalue weighted by Gasteiger charge is 2.30. The highest BCUT2D eigenvalue weighted by molar-refractivity contribution is 7.75. The SMILES string of the molecule is CC.CC.CCC(CC)(NN)c1cc2ccccc2cc1OS. The van der Waals surface area contributed by atoms with Gasteiger partial charge in [0.1, 0.15) is 5.75 Å². The monoisotopic (exact) mass is 336 g/mol. The van der Waals surface area contributed by atoms with E-state index in [2.05, 4.69) is 50.4 Å². The zero-order valence-electron chi connectivity index (χ0n) is 15.3. The first-order valence-electron chi connectivity index (χ1n) is 8.53. The third-order valence-electron chi connectivity index (χ3n) is 3.95. The minimum atomic E-state index is -0.290. The summed E-state index contributed by atoms with van der Waals surface area (Å²) in [6.07, 6.45) is 1.75. The molecule has 0 saturated carbocycles. The van der Waals surface area contributed by atoms with Gasteiger partial charge in [0.15, 0.2) is 0 Å². The summed E-state index contributed by atoms with van der Waals surface area (Å²) in [5.41, 5.74) is 3.72. The van der Waals surface area contributed by atoms with Crippen LogP contribution in [0.25, 0.3) is 10.8 Å². The summed E-state index contributed by atoms with van der Waals surface area (Å²) in [4.78, 5) is 0. The van der Waals surface area contributed by atoms with Crippen molar-refractivity contribution < 1.29 is 4.18 Å². The molecule has 0 saturated heterocycles. The summed E-state index contributed by atoms with van der Waals surface area (Å²) in [5.74, 6) is 6.55. The first-order chi connectivity index (χ1) is 11.2. The van der Waals surface area contributed by atoms with Gasteiger partial charge in [0, 0.05) is 18.5 Å². The highest BCUT2D eigenvalue weighted by atomic mass is 32.1. The van der Waals surface area contributed by atoms with Crippen molar-refractivity contribution in [3.8, 4) is 5.75 Å². The summed E-state index contributed by atoms with van der Waals surface area (Å²) in [5, 5.41) is 2.31. The summed E-state index contributed by atoms with van der Waals surface area (Å²) >= 11 is 3.99. The Morgan fingerprint density at radius 2 is 1.48 bits per heavy atom. The number of hydrazine groups is 1. The number of hydrogen-bond acceptors (Lipinski definition) is 4. The van der Waals surface area contributed by atoms with Crippen LogP contribution in [0.3, 0.4) is 0 Å². The van der Waals surface area contributed by atoms with E-state index in [1.54, 1.807) is 0 Å². The van der Waals surface area contributed by atoms with Crippen LogP contribution in [0, 0.1) is 0 Å². The smallest absolute Gasteiger partial charge is 0.142 e. The van der Waals surface area contributed by atoms with E-state index in [-0.39, 0.29) is 5.54 Å². The number of fused-ring (bicyclic) bond motifs is 1. The Balaban J connectivity index is 0.00000112. The molecular weight excluding hydrogens is 304 g/mol. The Kier molecular flexibility index (Phi) is 10.7. The summed E-state index contributed by atoms with van der Waals surface area (Å²) in [7, 11) is 0. The number of nitrogens with one attached hydrogen (secondary N) is 1. The third-order valence-corrected chi connectivity index (χ3v) is 4.14. The van der Waals surface area contributed by atoms with Crippen molar-refractivity contribution in [2.45, 2.75) is 59.9 Å². The number of thiol groups is 1. The van der Waals surface area contributed by atoms with Crippen LogP contribution < -0.4 is 15.5 Å². The number of benzene rings is 2. The van der Waals surface area contributed by atoms with Gasteiger partial charge in [-0.2, -0.15) is 0 Å². The molecule has 0 unspecified atom stereocenters. The van der Waals surface area contributed by atoms with Gasteiger partial charge in [-0.25, -0.2) is 5.43 Å². The molecule has 4 heteroatoms. The Labute approximate surface area is 147 Å². The fraction of sp³-hybridized carbons (Fsp3) is 0.474. The minimum Gasteiger partial charge on any atom is -0.429 e. The fourth-order valence-corrected chi connectivity index (χ4v) is 2.73. The molecule has 3 N–H and O–H groups in total. The maximum absolute atomic E-state index is 5.80. The van der Waals surface area contributed by atoms with Crippen LogP contribution in [-0.4, -0.2) is 0 Å². The first kappa shape index (κ1) is 21.8. The first-order valence-corrected chi connectivity index (χ1v) is 8.89. The van der Waals surface area contributed by atoms with Gasteiger partial charge in [0.25, 0.3) is 0 Å². The van der Waals surface area contributed by atoms with E-state index in [0.29, 0.717) is 0 Å². The molecule has 0 aliphatic heterocycles. The van der Waals surface area contributed by atoms with Crippen molar-refractivity contribution in [3.63, 3.8) is 0 Å².